The zero-order valence-corrected chi connectivity index (χ0v) is 11.3. The van der Waals surface area contributed by atoms with Crippen molar-refractivity contribution in [2.75, 3.05) is 32.6 Å². The molecule has 0 aromatic rings. The maximum absolute atomic E-state index is 11.8. The monoisotopic (exact) mass is 264 g/mol. The topological polar surface area (TPSA) is 84.5 Å². The minimum atomic E-state index is -3.42. The fourth-order valence-corrected chi connectivity index (χ4v) is 1.76. The summed E-state index contributed by atoms with van der Waals surface area (Å²) in [5, 5.41) is 5.81. The van der Waals surface area contributed by atoms with Crippen LogP contribution in [0.4, 0.5) is 0 Å². The summed E-state index contributed by atoms with van der Waals surface area (Å²) in [5.41, 5.74) is 0. The van der Waals surface area contributed by atoms with E-state index in [-0.39, 0.29) is 6.04 Å². The summed E-state index contributed by atoms with van der Waals surface area (Å²) in [5.74, 6) is -0.479. The Morgan fingerprint density at radius 1 is 1.53 bits per heavy atom. The third kappa shape index (κ3) is 3.65. The van der Waals surface area contributed by atoms with Gasteiger partial charge in [-0.05, 0) is 13.8 Å². The second-order valence-corrected chi connectivity index (χ2v) is 7.28. The predicted molar refractivity (Wildman–Crippen MR) is 64.5 cm³/mol. The van der Waals surface area contributed by atoms with Crippen molar-refractivity contribution in [2.24, 2.45) is 0 Å². The molecule has 0 aromatic carbocycles. The first-order valence-corrected chi connectivity index (χ1v) is 7.43. The SMILES string of the molecule is CC(C)(C(=O)NCC1COCCN1)S(C)(=O)=O. The van der Waals surface area contributed by atoms with Crippen LogP contribution >= 0.6 is 0 Å². The third-order valence-electron chi connectivity index (χ3n) is 2.98. The van der Waals surface area contributed by atoms with E-state index in [0.29, 0.717) is 19.8 Å². The van der Waals surface area contributed by atoms with E-state index in [1.807, 2.05) is 0 Å². The lowest BCUT2D eigenvalue weighted by Crippen LogP contribution is -2.53. The second kappa shape index (κ2) is 5.32. The molecule has 1 heterocycles. The summed E-state index contributed by atoms with van der Waals surface area (Å²) in [7, 11) is -3.42. The molecule has 1 rings (SSSR count). The summed E-state index contributed by atoms with van der Waals surface area (Å²) >= 11 is 0. The second-order valence-electron chi connectivity index (χ2n) is 4.72. The molecule has 0 aliphatic carbocycles. The molecule has 2 N–H and O–H groups in total. The number of carbonyl (C=O) groups excluding carboxylic acids is 1. The number of ether oxygens (including phenoxy) is 1. The molecule has 7 heteroatoms. The van der Waals surface area contributed by atoms with Crippen molar-refractivity contribution >= 4 is 15.7 Å². The fraction of sp³-hybridized carbons (Fsp3) is 0.900. The Morgan fingerprint density at radius 3 is 2.65 bits per heavy atom. The van der Waals surface area contributed by atoms with E-state index in [1.165, 1.54) is 13.8 Å². The van der Waals surface area contributed by atoms with Crippen LogP contribution in [-0.2, 0) is 19.4 Å². The quantitative estimate of drug-likeness (QED) is 0.674. The Balaban J connectivity index is 2.49. The van der Waals surface area contributed by atoms with E-state index in [9.17, 15) is 13.2 Å². The number of nitrogens with one attached hydrogen (secondary N) is 2. The number of carbonyl (C=O) groups is 1. The molecule has 100 valence electrons. The molecule has 1 saturated heterocycles. The maximum atomic E-state index is 11.8. The van der Waals surface area contributed by atoms with E-state index in [0.717, 1.165) is 12.8 Å². The van der Waals surface area contributed by atoms with Gasteiger partial charge < -0.3 is 15.4 Å². The maximum Gasteiger partial charge on any atom is 0.240 e. The number of sulfone groups is 1. The van der Waals surface area contributed by atoms with Gasteiger partial charge in [0.25, 0.3) is 0 Å². The Hall–Kier alpha value is -0.660. The first-order chi connectivity index (χ1) is 7.75. The summed E-state index contributed by atoms with van der Waals surface area (Å²) < 4.78 is 26.7. The highest BCUT2D eigenvalue weighted by molar-refractivity contribution is 7.92. The Kier molecular flexibility index (Phi) is 4.51. The van der Waals surface area contributed by atoms with Crippen molar-refractivity contribution in [3.05, 3.63) is 0 Å². The number of hydrogen-bond acceptors (Lipinski definition) is 5. The zero-order valence-electron chi connectivity index (χ0n) is 10.4. The van der Waals surface area contributed by atoms with Gasteiger partial charge in [-0.2, -0.15) is 0 Å². The van der Waals surface area contributed by atoms with E-state index in [2.05, 4.69) is 10.6 Å². The van der Waals surface area contributed by atoms with Crippen LogP contribution in [0.2, 0.25) is 0 Å². The molecule has 0 bridgehead atoms. The zero-order chi connectivity index (χ0) is 13.1. The third-order valence-corrected chi connectivity index (χ3v) is 5.02. The summed E-state index contributed by atoms with van der Waals surface area (Å²) in [6.07, 6.45) is 1.06. The van der Waals surface area contributed by atoms with Crippen LogP contribution in [0.1, 0.15) is 13.8 Å². The Labute approximate surface area is 102 Å². The van der Waals surface area contributed by atoms with Crippen molar-refractivity contribution in [1.29, 1.82) is 0 Å². The van der Waals surface area contributed by atoms with Crippen LogP contribution in [0, 0.1) is 0 Å². The van der Waals surface area contributed by atoms with Gasteiger partial charge in [0.15, 0.2) is 9.84 Å². The van der Waals surface area contributed by atoms with Gasteiger partial charge in [0.05, 0.1) is 13.2 Å². The van der Waals surface area contributed by atoms with Crippen molar-refractivity contribution in [1.82, 2.24) is 10.6 Å². The molecule has 1 fully saturated rings. The van der Waals surface area contributed by atoms with Crippen LogP contribution < -0.4 is 10.6 Å². The van der Waals surface area contributed by atoms with Crippen LogP contribution in [-0.4, -0.2) is 57.7 Å². The molecular formula is C10H20N2O4S. The predicted octanol–water partition coefficient (Wildman–Crippen LogP) is -1.09. The molecule has 0 radical (unpaired) electrons. The Morgan fingerprint density at radius 2 is 2.18 bits per heavy atom. The van der Waals surface area contributed by atoms with Crippen molar-refractivity contribution in [2.45, 2.75) is 24.6 Å². The average Bonchev–Trinajstić information content (AvgIpc) is 2.25. The molecule has 1 unspecified atom stereocenters. The summed E-state index contributed by atoms with van der Waals surface area (Å²) in [6.45, 7) is 5.12. The van der Waals surface area contributed by atoms with Gasteiger partial charge in [0.1, 0.15) is 4.75 Å². The number of hydrogen-bond donors (Lipinski definition) is 2. The number of morpholine rings is 1. The summed E-state index contributed by atoms with van der Waals surface area (Å²) in [6, 6.07) is 0.0445. The average molecular weight is 264 g/mol. The van der Waals surface area contributed by atoms with Crippen molar-refractivity contribution < 1.29 is 17.9 Å². The largest absolute Gasteiger partial charge is 0.378 e. The van der Waals surface area contributed by atoms with Gasteiger partial charge in [-0.3, -0.25) is 4.79 Å². The minimum absolute atomic E-state index is 0.0445. The normalized spacial score (nSPS) is 22.2. The molecule has 0 saturated carbocycles. The smallest absolute Gasteiger partial charge is 0.240 e. The minimum Gasteiger partial charge on any atom is -0.378 e. The van der Waals surface area contributed by atoms with E-state index >= 15 is 0 Å². The first kappa shape index (κ1) is 14.4. The van der Waals surface area contributed by atoms with E-state index in [1.54, 1.807) is 0 Å². The molecule has 1 aliphatic heterocycles. The van der Waals surface area contributed by atoms with Gasteiger partial charge in [0, 0.05) is 25.4 Å². The van der Waals surface area contributed by atoms with Crippen LogP contribution in [0.25, 0.3) is 0 Å². The Bertz CT molecular complexity index is 372. The van der Waals surface area contributed by atoms with Gasteiger partial charge in [-0.1, -0.05) is 0 Å². The lowest BCUT2D eigenvalue weighted by atomic mass is 10.2. The fourth-order valence-electron chi connectivity index (χ4n) is 1.35. The molecule has 6 nitrogen and oxygen atoms in total. The van der Waals surface area contributed by atoms with Crippen molar-refractivity contribution in [3.63, 3.8) is 0 Å². The molecule has 1 atom stereocenters. The highest BCUT2D eigenvalue weighted by Crippen LogP contribution is 2.14. The van der Waals surface area contributed by atoms with Gasteiger partial charge in [-0.15, -0.1) is 0 Å². The standard InChI is InChI=1S/C10H20N2O4S/c1-10(2,17(3,14)15)9(13)12-6-8-7-16-5-4-11-8/h8,11H,4-7H2,1-3H3,(H,12,13). The van der Waals surface area contributed by atoms with Crippen LogP contribution in [0.3, 0.4) is 0 Å². The summed E-state index contributed by atoms with van der Waals surface area (Å²) in [4.78, 5) is 11.8. The lowest BCUT2D eigenvalue weighted by Gasteiger charge is -2.26. The lowest BCUT2D eigenvalue weighted by molar-refractivity contribution is -0.123. The highest BCUT2D eigenvalue weighted by atomic mass is 32.2. The van der Waals surface area contributed by atoms with Crippen LogP contribution in [0.5, 0.6) is 0 Å². The number of rotatable bonds is 4. The van der Waals surface area contributed by atoms with E-state index in [4.69, 9.17) is 4.74 Å². The van der Waals surface area contributed by atoms with Crippen LogP contribution in [0.15, 0.2) is 0 Å². The van der Waals surface area contributed by atoms with Crippen molar-refractivity contribution in [3.8, 4) is 0 Å². The van der Waals surface area contributed by atoms with Gasteiger partial charge in [-0.25, -0.2) is 8.42 Å². The molecule has 1 aliphatic rings. The highest BCUT2D eigenvalue weighted by Gasteiger charge is 2.38. The molecule has 0 aromatic heterocycles. The number of amides is 1. The first-order valence-electron chi connectivity index (χ1n) is 5.54. The molecular weight excluding hydrogens is 244 g/mol. The van der Waals surface area contributed by atoms with E-state index < -0.39 is 20.5 Å². The molecule has 0 spiro atoms. The molecule has 17 heavy (non-hydrogen) atoms. The van der Waals surface area contributed by atoms with Gasteiger partial charge in [0.2, 0.25) is 5.91 Å². The molecule has 1 amide bonds. The van der Waals surface area contributed by atoms with Gasteiger partial charge >= 0.3 is 0 Å².